The number of anilines is 2. The Morgan fingerprint density at radius 3 is 2.40 bits per heavy atom. The van der Waals surface area contributed by atoms with Crippen molar-refractivity contribution in [3.8, 4) is 0 Å². The summed E-state index contributed by atoms with van der Waals surface area (Å²) in [5.41, 5.74) is 3.90. The SMILES string of the molecule is Cc1cccc(N2CCN(CC(=O)NCC(=O)Nc3ccc(F)c(F)c3)CC2)c1C. The molecule has 0 unspecified atom stereocenters. The number of piperazine rings is 1. The number of benzene rings is 2. The molecular formula is C22H26F2N4O2. The molecule has 1 saturated heterocycles. The summed E-state index contributed by atoms with van der Waals surface area (Å²) in [5, 5.41) is 4.98. The van der Waals surface area contributed by atoms with Gasteiger partial charge in [-0.15, -0.1) is 0 Å². The molecule has 3 rings (SSSR count). The van der Waals surface area contributed by atoms with Gasteiger partial charge in [-0.25, -0.2) is 8.78 Å². The molecule has 30 heavy (non-hydrogen) atoms. The van der Waals surface area contributed by atoms with Crippen molar-refractivity contribution in [1.29, 1.82) is 0 Å². The molecular weight excluding hydrogens is 390 g/mol. The molecule has 0 atom stereocenters. The van der Waals surface area contributed by atoms with Crippen LogP contribution >= 0.6 is 0 Å². The van der Waals surface area contributed by atoms with Gasteiger partial charge in [-0.1, -0.05) is 12.1 Å². The lowest BCUT2D eigenvalue weighted by atomic mass is 10.1. The number of halogens is 2. The number of carbonyl (C=O) groups is 2. The van der Waals surface area contributed by atoms with Gasteiger partial charge in [0.05, 0.1) is 13.1 Å². The first-order chi connectivity index (χ1) is 14.3. The molecule has 2 aromatic carbocycles. The van der Waals surface area contributed by atoms with Crippen LogP contribution in [0.2, 0.25) is 0 Å². The number of rotatable bonds is 6. The van der Waals surface area contributed by atoms with Gasteiger partial charge in [-0.2, -0.15) is 0 Å². The Hall–Kier alpha value is -3.00. The van der Waals surface area contributed by atoms with E-state index >= 15 is 0 Å². The van der Waals surface area contributed by atoms with Crippen LogP contribution in [-0.4, -0.2) is 56.0 Å². The zero-order valence-electron chi connectivity index (χ0n) is 17.2. The number of aryl methyl sites for hydroxylation is 1. The average molecular weight is 416 g/mol. The topological polar surface area (TPSA) is 64.7 Å². The van der Waals surface area contributed by atoms with Crippen LogP contribution in [0.15, 0.2) is 36.4 Å². The summed E-state index contributed by atoms with van der Waals surface area (Å²) in [6.07, 6.45) is 0. The van der Waals surface area contributed by atoms with Crippen LogP contribution < -0.4 is 15.5 Å². The first-order valence-corrected chi connectivity index (χ1v) is 9.88. The summed E-state index contributed by atoms with van der Waals surface area (Å²) in [6, 6.07) is 9.36. The highest BCUT2D eigenvalue weighted by Gasteiger charge is 2.20. The van der Waals surface area contributed by atoms with Crippen LogP contribution in [0, 0.1) is 25.5 Å². The number of nitrogens with zero attached hydrogens (tertiary/aromatic N) is 2. The number of nitrogens with one attached hydrogen (secondary N) is 2. The molecule has 1 fully saturated rings. The van der Waals surface area contributed by atoms with Gasteiger partial charge in [0.25, 0.3) is 0 Å². The lowest BCUT2D eigenvalue weighted by Crippen LogP contribution is -2.50. The van der Waals surface area contributed by atoms with Gasteiger partial charge in [0.15, 0.2) is 11.6 Å². The lowest BCUT2D eigenvalue weighted by molar-refractivity contribution is -0.125. The average Bonchev–Trinajstić information content (AvgIpc) is 2.72. The van der Waals surface area contributed by atoms with E-state index in [4.69, 9.17) is 0 Å². The van der Waals surface area contributed by atoms with Crippen molar-refractivity contribution in [3.05, 3.63) is 59.2 Å². The molecule has 2 N–H and O–H groups in total. The van der Waals surface area contributed by atoms with Crippen molar-refractivity contribution in [3.63, 3.8) is 0 Å². The molecule has 1 heterocycles. The molecule has 8 heteroatoms. The van der Waals surface area contributed by atoms with Gasteiger partial charge in [0.1, 0.15) is 0 Å². The smallest absolute Gasteiger partial charge is 0.243 e. The number of hydrogen-bond acceptors (Lipinski definition) is 4. The van der Waals surface area contributed by atoms with Crippen molar-refractivity contribution >= 4 is 23.2 Å². The van der Waals surface area contributed by atoms with E-state index in [0.29, 0.717) is 0 Å². The van der Waals surface area contributed by atoms with Crippen LogP contribution in [0.1, 0.15) is 11.1 Å². The van der Waals surface area contributed by atoms with Crippen LogP contribution in [-0.2, 0) is 9.59 Å². The van der Waals surface area contributed by atoms with Crippen LogP contribution in [0.4, 0.5) is 20.2 Å². The molecule has 0 aliphatic carbocycles. The molecule has 0 spiro atoms. The molecule has 0 radical (unpaired) electrons. The highest BCUT2D eigenvalue weighted by Crippen LogP contribution is 2.23. The zero-order valence-corrected chi connectivity index (χ0v) is 17.2. The summed E-state index contributed by atoms with van der Waals surface area (Å²) >= 11 is 0. The third kappa shape index (κ3) is 5.54. The predicted octanol–water partition coefficient (Wildman–Crippen LogP) is 2.46. The second-order valence-electron chi connectivity index (χ2n) is 7.44. The Morgan fingerprint density at radius 1 is 0.967 bits per heavy atom. The maximum absolute atomic E-state index is 13.2. The summed E-state index contributed by atoms with van der Waals surface area (Å²) in [6.45, 7) is 7.35. The molecule has 1 aliphatic rings. The van der Waals surface area contributed by atoms with Gasteiger partial charge >= 0.3 is 0 Å². The molecule has 0 bridgehead atoms. The standard InChI is InChI=1S/C22H26F2N4O2/c1-15-4-3-5-20(16(15)2)28-10-8-27(9-11-28)14-22(30)25-13-21(29)26-17-6-7-18(23)19(24)12-17/h3-7,12H,8-11,13-14H2,1-2H3,(H,25,30)(H,26,29). The maximum atomic E-state index is 13.2. The Labute approximate surface area is 174 Å². The summed E-state index contributed by atoms with van der Waals surface area (Å²) in [7, 11) is 0. The van der Waals surface area contributed by atoms with E-state index in [-0.39, 0.29) is 24.7 Å². The molecule has 0 aromatic heterocycles. The Kier molecular flexibility index (Phi) is 6.99. The quantitative estimate of drug-likeness (QED) is 0.760. The number of carbonyl (C=O) groups excluding carboxylic acids is 2. The van der Waals surface area contributed by atoms with E-state index in [1.165, 1.54) is 22.9 Å². The van der Waals surface area contributed by atoms with E-state index in [1.54, 1.807) is 0 Å². The fourth-order valence-corrected chi connectivity index (χ4v) is 3.44. The fraction of sp³-hybridized carbons (Fsp3) is 0.364. The second kappa shape index (κ2) is 9.67. The second-order valence-corrected chi connectivity index (χ2v) is 7.44. The zero-order chi connectivity index (χ0) is 21.7. The van der Waals surface area contributed by atoms with Crippen molar-refractivity contribution in [2.75, 3.05) is 49.5 Å². The third-order valence-corrected chi connectivity index (χ3v) is 5.31. The predicted molar refractivity (Wildman–Crippen MR) is 113 cm³/mol. The van der Waals surface area contributed by atoms with Gasteiger partial charge in [-0.3, -0.25) is 14.5 Å². The number of hydrogen-bond donors (Lipinski definition) is 2. The van der Waals surface area contributed by atoms with E-state index < -0.39 is 17.5 Å². The first-order valence-electron chi connectivity index (χ1n) is 9.88. The number of amides is 2. The summed E-state index contributed by atoms with van der Waals surface area (Å²) < 4.78 is 26.1. The molecule has 160 valence electrons. The highest BCUT2D eigenvalue weighted by molar-refractivity contribution is 5.94. The van der Waals surface area contributed by atoms with E-state index in [9.17, 15) is 18.4 Å². The Bertz CT molecular complexity index is 927. The molecule has 2 aromatic rings. The van der Waals surface area contributed by atoms with Gasteiger partial charge < -0.3 is 15.5 Å². The van der Waals surface area contributed by atoms with E-state index in [2.05, 4.69) is 47.6 Å². The van der Waals surface area contributed by atoms with E-state index in [0.717, 1.165) is 38.3 Å². The van der Waals surface area contributed by atoms with Gasteiger partial charge in [0.2, 0.25) is 11.8 Å². The fourth-order valence-electron chi connectivity index (χ4n) is 3.44. The normalized spacial score (nSPS) is 14.5. The van der Waals surface area contributed by atoms with E-state index in [1.807, 2.05) is 4.90 Å². The Balaban J connectivity index is 1.41. The largest absolute Gasteiger partial charge is 0.369 e. The van der Waals surface area contributed by atoms with Crippen molar-refractivity contribution in [1.82, 2.24) is 10.2 Å². The minimum atomic E-state index is -1.04. The molecule has 0 saturated carbocycles. The highest BCUT2D eigenvalue weighted by atomic mass is 19.2. The van der Waals surface area contributed by atoms with Crippen molar-refractivity contribution in [2.24, 2.45) is 0 Å². The summed E-state index contributed by atoms with van der Waals surface area (Å²) in [4.78, 5) is 28.4. The van der Waals surface area contributed by atoms with Crippen LogP contribution in [0.25, 0.3) is 0 Å². The maximum Gasteiger partial charge on any atom is 0.243 e. The molecule has 1 aliphatic heterocycles. The van der Waals surface area contributed by atoms with Crippen LogP contribution in [0.5, 0.6) is 0 Å². The minimum absolute atomic E-state index is 0.135. The lowest BCUT2D eigenvalue weighted by Gasteiger charge is -2.36. The molecule has 2 amide bonds. The summed E-state index contributed by atoms with van der Waals surface area (Å²) in [5.74, 6) is -2.79. The van der Waals surface area contributed by atoms with Crippen LogP contribution in [0.3, 0.4) is 0 Å². The van der Waals surface area contributed by atoms with Gasteiger partial charge in [-0.05, 0) is 43.2 Å². The monoisotopic (exact) mass is 416 g/mol. The third-order valence-electron chi connectivity index (χ3n) is 5.31. The van der Waals surface area contributed by atoms with Gasteiger partial charge in [0, 0.05) is 43.6 Å². The minimum Gasteiger partial charge on any atom is -0.369 e. The van der Waals surface area contributed by atoms with Crippen molar-refractivity contribution < 1.29 is 18.4 Å². The Morgan fingerprint density at radius 2 is 1.70 bits per heavy atom. The first kappa shape index (κ1) is 21.7. The van der Waals surface area contributed by atoms with Crippen molar-refractivity contribution in [2.45, 2.75) is 13.8 Å². The molecule has 6 nitrogen and oxygen atoms in total.